The quantitative estimate of drug-likeness (QED) is 0.895. The lowest BCUT2D eigenvalue weighted by Gasteiger charge is -2.10. The summed E-state index contributed by atoms with van der Waals surface area (Å²) in [5.41, 5.74) is 1.18. The summed E-state index contributed by atoms with van der Waals surface area (Å²) in [4.78, 5) is 8.33. The number of aromatic nitrogens is 2. The first-order valence-corrected chi connectivity index (χ1v) is 6.48. The van der Waals surface area contributed by atoms with Gasteiger partial charge >= 0.3 is 0 Å². The molecule has 2 aromatic rings. The third kappa shape index (κ3) is 3.13. The fraction of sp³-hybridized carbons (Fsp3) is 0.0833. The Kier molecular flexibility index (Phi) is 4.20. The molecule has 0 aliphatic carbocycles. The van der Waals surface area contributed by atoms with E-state index in [0.717, 1.165) is 0 Å². The summed E-state index contributed by atoms with van der Waals surface area (Å²) in [6.45, 7) is 0. The molecule has 1 aromatic carbocycles. The first-order chi connectivity index (χ1) is 9.13. The molecule has 19 heavy (non-hydrogen) atoms. The standard InChI is InChI=1S/C12H9BrClN5/c1-16-12-17-6-8(13)11(19-12)18-10-3-2-7(5-15)4-9(10)14/h2-4,6H,1H3,(H2,16,17,18,19). The third-order valence-corrected chi connectivity index (χ3v) is 3.21. The number of halogens is 2. The maximum absolute atomic E-state index is 8.79. The van der Waals surface area contributed by atoms with Gasteiger partial charge in [-0.15, -0.1) is 0 Å². The van der Waals surface area contributed by atoms with E-state index in [1.165, 1.54) is 0 Å². The number of anilines is 3. The molecule has 0 saturated carbocycles. The maximum atomic E-state index is 8.79. The zero-order valence-electron chi connectivity index (χ0n) is 9.91. The Labute approximate surface area is 123 Å². The summed E-state index contributed by atoms with van der Waals surface area (Å²) >= 11 is 9.46. The van der Waals surface area contributed by atoms with Crippen LogP contribution >= 0.6 is 27.5 Å². The van der Waals surface area contributed by atoms with Crippen LogP contribution in [0.25, 0.3) is 0 Å². The largest absolute Gasteiger partial charge is 0.357 e. The van der Waals surface area contributed by atoms with E-state index in [2.05, 4.69) is 36.5 Å². The van der Waals surface area contributed by atoms with Gasteiger partial charge in [0.15, 0.2) is 0 Å². The highest BCUT2D eigenvalue weighted by atomic mass is 79.9. The molecule has 0 atom stereocenters. The monoisotopic (exact) mass is 337 g/mol. The molecule has 1 aromatic heterocycles. The second-order valence-corrected chi connectivity index (χ2v) is 4.83. The number of hydrogen-bond acceptors (Lipinski definition) is 5. The van der Waals surface area contributed by atoms with Crippen LogP contribution in [0.3, 0.4) is 0 Å². The number of nitrogens with zero attached hydrogens (tertiary/aromatic N) is 3. The number of benzene rings is 1. The van der Waals surface area contributed by atoms with E-state index < -0.39 is 0 Å². The predicted octanol–water partition coefficient (Wildman–Crippen LogP) is 3.55. The first-order valence-electron chi connectivity index (χ1n) is 5.31. The summed E-state index contributed by atoms with van der Waals surface area (Å²) in [6, 6.07) is 7.04. The molecule has 0 radical (unpaired) electrons. The summed E-state index contributed by atoms with van der Waals surface area (Å²) in [5, 5.41) is 15.2. The fourth-order valence-electron chi connectivity index (χ4n) is 1.39. The zero-order chi connectivity index (χ0) is 13.8. The highest BCUT2D eigenvalue weighted by Crippen LogP contribution is 2.29. The zero-order valence-corrected chi connectivity index (χ0v) is 12.2. The smallest absolute Gasteiger partial charge is 0.224 e. The van der Waals surface area contributed by atoms with Crippen LogP contribution < -0.4 is 10.6 Å². The number of nitrogens with one attached hydrogen (secondary N) is 2. The number of nitriles is 1. The predicted molar refractivity (Wildman–Crippen MR) is 78.7 cm³/mol. The second kappa shape index (κ2) is 5.87. The molecule has 2 rings (SSSR count). The van der Waals surface area contributed by atoms with E-state index in [1.54, 1.807) is 31.4 Å². The molecular formula is C12H9BrClN5. The molecule has 0 unspecified atom stereocenters. The van der Waals surface area contributed by atoms with E-state index >= 15 is 0 Å². The third-order valence-electron chi connectivity index (χ3n) is 2.32. The van der Waals surface area contributed by atoms with Crippen molar-refractivity contribution in [2.75, 3.05) is 17.7 Å². The average molecular weight is 339 g/mol. The van der Waals surface area contributed by atoms with E-state index in [-0.39, 0.29) is 0 Å². The van der Waals surface area contributed by atoms with Crippen molar-refractivity contribution >= 4 is 45.0 Å². The molecule has 5 nitrogen and oxygen atoms in total. The van der Waals surface area contributed by atoms with Gasteiger partial charge in [0.2, 0.25) is 5.95 Å². The van der Waals surface area contributed by atoms with Gasteiger partial charge in [-0.2, -0.15) is 10.2 Å². The highest BCUT2D eigenvalue weighted by Gasteiger charge is 2.07. The average Bonchev–Trinajstić information content (AvgIpc) is 2.43. The van der Waals surface area contributed by atoms with Crippen LogP contribution in [0.5, 0.6) is 0 Å². The van der Waals surface area contributed by atoms with E-state index in [0.29, 0.717) is 32.5 Å². The van der Waals surface area contributed by atoms with E-state index in [1.807, 2.05) is 6.07 Å². The molecule has 7 heteroatoms. The first kappa shape index (κ1) is 13.6. The van der Waals surface area contributed by atoms with Crippen LogP contribution in [-0.4, -0.2) is 17.0 Å². The molecule has 2 N–H and O–H groups in total. The molecule has 0 aliphatic heterocycles. The molecule has 1 heterocycles. The van der Waals surface area contributed by atoms with Gasteiger partial charge in [-0.1, -0.05) is 11.6 Å². The van der Waals surface area contributed by atoms with Gasteiger partial charge in [-0.05, 0) is 34.1 Å². The second-order valence-electron chi connectivity index (χ2n) is 3.57. The van der Waals surface area contributed by atoms with Gasteiger partial charge in [0.25, 0.3) is 0 Å². The van der Waals surface area contributed by atoms with Crippen LogP contribution in [-0.2, 0) is 0 Å². The molecule has 0 aliphatic rings. The lowest BCUT2D eigenvalue weighted by atomic mass is 10.2. The van der Waals surface area contributed by atoms with E-state index in [4.69, 9.17) is 16.9 Å². The van der Waals surface area contributed by atoms with Gasteiger partial charge < -0.3 is 10.6 Å². The topological polar surface area (TPSA) is 73.6 Å². The van der Waals surface area contributed by atoms with Crippen LogP contribution in [0.1, 0.15) is 5.56 Å². The highest BCUT2D eigenvalue weighted by molar-refractivity contribution is 9.10. The maximum Gasteiger partial charge on any atom is 0.224 e. The van der Waals surface area contributed by atoms with Crippen molar-refractivity contribution in [3.05, 3.63) is 39.5 Å². The Balaban J connectivity index is 2.33. The summed E-state index contributed by atoms with van der Waals surface area (Å²) in [7, 11) is 1.74. The van der Waals surface area contributed by atoms with Crippen LogP contribution in [0.2, 0.25) is 5.02 Å². The normalized spacial score (nSPS) is 9.79. The van der Waals surface area contributed by atoms with Crippen LogP contribution in [0.15, 0.2) is 28.9 Å². The Morgan fingerprint density at radius 2 is 2.21 bits per heavy atom. The molecule has 0 amide bonds. The minimum absolute atomic E-state index is 0.454. The fourth-order valence-corrected chi connectivity index (χ4v) is 1.91. The molecular weight excluding hydrogens is 330 g/mol. The van der Waals surface area contributed by atoms with Crippen molar-refractivity contribution in [2.24, 2.45) is 0 Å². The van der Waals surface area contributed by atoms with Crippen molar-refractivity contribution in [2.45, 2.75) is 0 Å². The lowest BCUT2D eigenvalue weighted by molar-refractivity contribution is 1.14. The molecule has 0 fully saturated rings. The molecule has 0 spiro atoms. The Hall–Kier alpha value is -1.84. The van der Waals surface area contributed by atoms with Gasteiger partial charge in [-0.3, -0.25) is 0 Å². The number of rotatable bonds is 3. The van der Waals surface area contributed by atoms with Crippen LogP contribution in [0, 0.1) is 11.3 Å². The van der Waals surface area contributed by atoms with E-state index in [9.17, 15) is 0 Å². The SMILES string of the molecule is CNc1ncc(Br)c(Nc2ccc(C#N)cc2Cl)n1. The number of hydrogen-bond donors (Lipinski definition) is 2. The minimum Gasteiger partial charge on any atom is -0.357 e. The van der Waals surface area contributed by atoms with Crippen molar-refractivity contribution in [3.8, 4) is 6.07 Å². The Morgan fingerprint density at radius 1 is 1.42 bits per heavy atom. The van der Waals surface area contributed by atoms with Gasteiger partial charge in [-0.25, -0.2) is 4.98 Å². The van der Waals surface area contributed by atoms with Gasteiger partial charge in [0.05, 0.1) is 26.8 Å². The van der Waals surface area contributed by atoms with Crippen molar-refractivity contribution in [1.29, 1.82) is 5.26 Å². The Bertz CT molecular complexity index is 653. The summed E-state index contributed by atoms with van der Waals surface area (Å²) in [6.07, 6.45) is 1.64. The summed E-state index contributed by atoms with van der Waals surface area (Å²) in [5.74, 6) is 1.08. The van der Waals surface area contributed by atoms with Gasteiger partial charge in [0, 0.05) is 13.2 Å². The summed E-state index contributed by atoms with van der Waals surface area (Å²) < 4.78 is 0.715. The van der Waals surface area contributed by atoms with Gasteiger partial charge in [0.1, 0.15) is 5.82 Å². The minimum atomic E-state index is 0.454. The lowest BCUT2D eigenvalue weighted by Crippen LogP contribution is -2.01. The Morgan fingerprint density at radius 3 is 2.84 bits per heavy atom. The van der Waals surface area contributed by atoms with Crippen LogP contribution in [0.4, 0.5) is 17.5 Å². The molecule has 0 saturated heterocycles. The molecule has 96 valence electrons. The van der Waals surface area contributed by atoms with Crippen molar-refractivity contribution < 1.29 is 0 Å². The van der Waals surface area contributed by atoms with Crippen molar-refractivity contribution in [3.63, 3.8) is 0 Å². The van der Waals surface area contributed by atoms with Crippen molar-refractivity contribution in [1.82, 2.24) is 9.97 Å². The molecule has 0 bridgehead atoms.